The third-order valence-electron chi connectivity index (χ3n) is 4.46. The Kier molecular flexibility index (Phi) is 7.03. The summed E-state index contributed by atoms with van der Waals surface area (Å²) < 4.78 is 11.5. The summed E-state index contributed by atoms with van der Waals surface area (Å²) >= 11 is 4.73. The normalized spacial score (nSPS) is 11.8. The smallest absolute Gasteiger partial charge is 0.298 e. The van der Waals surface area contributed by atoms with Crippen LogP contribution in [0.2, 0.25) is 0 Å². The maximum absolute atomic E-state index is 6.03. The molecule has 0 bridgehead atoms. The van der Waals surface area contributed by atoms with Crippen LogP contribution in [0.4, 0.5) is 5.69 Å². The van der Waals surface area contributed by atoms with Crippen LogP contribution in [0, 0.1) is 19.8 Å². The first-order valence-electron chi connectivity index (χ1n) is 9.48. The molecule has 0 aliphatic heterocycles. The van der Waals surface area contributed by atoms with Crippen molar-refractivity contribution in [1.82, 2.24) is 14.7 Å². The highest BCUT2D eigenvalue weighted by molar-refractivity contribution is 9.10. The van der Waals surface area contributed by atoms with Crippen LogP contribution in [-0.4, -0.2) is 22.2 Å². The lowest BCUT2D eigenvalue weighted by Crippen LogP contribution is -2.23. The second kappa shape index (κ2) is 9.50. The molecule has 0 aliphatic rings. The Balaban J connectivity index is 1.76. The van der Waals surface area contributed by atoms with Gasteiger partial charge in [-0.1, -0.05) is 41.9 Å². The molecule has 7 heteroatoms. The van der Waals surface area contributed by atoms with Crippen molar-refractivity contribution < 1.29 is 4.74 Å². The van der Waals surface area contributed by atoms with Gasteiger partial charge in [-0.05, 0) is 54.8 Å². The number of aliphatic imine (C=N–C) groups is 1. The molecule has 1 heterocycles. The second-order valence-corrected chi connectivity index (χ2v) is 8.82. The molecule has 0 saturated heterocycles. The van der Waals surface area contributed by atoms with Gasteiger partial charge in [0.1, 0.15) is 11.6 Å². The number of hydrogen-bond acceptors (Lipinski definition) is 5. The lowest BCUT2D eigenvalue weighted by Gasteiger charge is -2.12. The summed E-state index contributed by atoms with van der Waals surface area (Å²) in [4.78, 5) is 9.30. The van der Waals surface area contributed by atoms with Crippen LogP contribution in [0.5, 0.6) is 10.9 Å². The SMILES string of the molecule is CNC(=Nc1cc(C)c(Oc2nc(Cc3ccc(Br)cc3)ns2)cc1C)C(C)C. The molecule has 5 nitrogen and oxygen atoms in total. The molecule has 152 valence electrons. The van der Waals surface area contributed by atoms with Gasteiger partial charge in [-0.2, -0.15) is 9.36 Å². The van der Waals surface area contributed by atoms with Gasteiger partial charge in [0.2, 0.25) is 0 Å². The highest BCUT2D eigenvalue weighted by Crippen LogP contribution is 2.32. The average molecular weight is 473 g/mol. The predicted molar refractivity (Wildman–Crippen MR) is 124 cm³/mol. The maximum atomic E-state index is 6.03. The summed E-state index contributed by atoms with van der Waals surface area (Å²) in [6.45, 7) is 8.30. The number of nitrogens with one attached hydrogen (secondary N) is 1. The van der Waals surface area contributed by atoms with E-state index in [-0.39, 0.29) is 0 Å². The third kappa shape index (κ3) is 5.64. The van der Waals surface area contributed by atoms with E-state index in [0.29, 0.717) is 17.5 Å². The molecule has 1 N–H and O–H groups in total. The van der Waals surface area contributed by atoms with Gasteiger partial charge < -0.3 is 10.1 Å². The van der Waals surface area contributed by atoms with E-state index in [1.54, 1.807) is 0 Å². The fourth-order valence-electron chi connectivity index (χ4n) is 2.84. The highest BCUT2D eigenvalue weighted by Gasteiger charge is 2.12. The Morgan fingerprint density at radius 1 is 1.17 bits per heavy atom. The van der Waals surface area contributed by atoms with Crippen LogP contribution in [-0.2, 0) is 6.42 Å². The van der Waals surface area contributed by atoms with Crippen molar-refractivity contribution in [1.29, 1.82) is 0 Å². The standard InChI is InChI=1S/C22H25BrN4OS/c1-13(2)21(24-5)25-18-10-15(4)19(11-14(18)3)28-22-26-20(27-29-22)12-16-6-8-17(23)9-7-16/h6-11,13H,12H2,1-5H3,(H,24,25). The minimum atomic E-state index is 0.334. The quantitative estimate of drug-likeness (QED) is 0.342. The fourth-order valence-corrected chi connectivity index (χ4v) is 3.66. The molecule has 0 fully saturated rings. The average Bonchev–Trinajstić information content (AvgIpc) is 3.11. The Morgan fingerprint density at radius 3 is 2.55 bits per heavy atom. The Bertz CT molecular complexity index is 1010. The number of aromatic nitrogens is 2. The zero-order valence-electron chi connectivity index (χ0n) is 17.3. The third-order valence-corrected chi connectivity index (χ3v) is 5.62. The number of benzene rings is 2. The van der Waals surface area contributed by atoms with Crippen LogP contribution in [0.25, 0.3) is 0 Å². The largest absolute Gasteiger partial charge is 0.430 e. The zero-order valence-corrected chi connectivity index (χ0v) is 19.7. The summed E-state index contributed by atoms with van der Waals surface area (Å²) in [5.41, 5.74) is 4.18. The van der Waals surface area contributed by atoms with Crippen LogP contribution in [0.3, 0.4) is 0 Å². The number of halogens is 1. The van der Waals surface area contributed by atoms with Crippen molar-refractivity contribution in [2.45, 2.75) is 34.1 Å². The first-order chi connectivity index (χ1) is 13.9. The van der Waals surface area contributed by atoms with E-state index in [2.05, 4.69) is 56.6 Å². The topological polar surface area (TPSA) is 59.4 Å². The van der Waals surface area contributed by atoms with Crippen LogP contribution in [0.15, 0.2) is 45.9 Å². The number of ether oxygens (including phenoxy) is 1. The van der Waals surface area contributed by atoms with E-state index in [0.717, 1.165) is 44.3 Å². The van der Waals surface area contributed by atoms with Crippen molar-refractivity contribution >= 4 is 39.0 Å². The fraction of sp³-hybridized carbons (Fsp3) is 0.318. The van der Waals surface area contributed by atoms with Gasteiger partial charge in [0.25, 0.3) is 5.19 Å². The molecule has 0 aliphatic carbocycles. The molecule has 3 rings (SSSR count). The van der Waals surface area contributed by atoms with E-state index in [1.165, 1.54) is 11.5 Å². The van der Waals surface area contributed by atoms with E-state index >= 15 is 0 Å². The molecule has 0 spiro atoms. The predicted octanol–water partition coefficient (Wildman–Crippen LogP) is 6.21. The summed E-state index contributed by atoms with van der Waals surface area (Å²) in [5, 5.41) is 3.73. The molecule has 0 unspecified atom stereocenters. The number of amidine groups is 1. The molecule has 1 aromatic heterocycles. The van der Waals surface area contributed by atoms with Gasteiger partial charge in [0.15, 0.2) is 5.82 Å². The molecule has 0 radical (unpaired) electrons. The molecule has 0 saturated carbocycles. The van der Waals surface area contributed by atoms with E-state index < -0.39 is 0 Å². The summed E-state index contributed by atoms with van der Waals surface area (Å²) in [6.07, 6.45) is 0.681. The zero-order chi connectivity index (χ0) is 21.0. The molecule has 2 aromatic carbocycles. The number of aryl methyl sites for hydroxylation is 2. The van der Waals surface area contributed by atoms with Crippen molar-refractivity contribution in [3.63, 3.8) is 0 Å². The Hall–Kier alpha value is -2.25. The van der Waals surface area contributed by atoms with Gasteiger partial charge in [-0.15, -0.1) is 0 Å². The minimum absolute atomic E-state index is 0.334. The monoisotopic (exact) mass is 472 g/mol. The van der Waals surface area contributed by atoms with Gasteiger partial charge in [-0.3, -0.25) is 0 Å². The van der Waals surface area contributed by atoms with Gasteiger partial charge in [-0.25, -0.2) is 4.99 Å². The van der Waals surface area contributed by atoms with Gasteiger partial charge >= 0.3 is 0 Å². The van der Waals surface area contributed by atoms with Crippen LogP contribution < -0.4 is 10.1 Å². The van der Waals surface area contributed by atoms with Crippen molar-refractivity contribution in [2.75, 3.05) is 7.05 Å². The lowest BCUT2D eigenvalue weighted by molar-refractivity contribution is 0.473. The van der Waals surface area contributed by atoms with Crippen molar-refractivity contribution in [3.8, 4) is 10.9 Å². The molecular formula is C22H25BrN4OS. The molecular weight excluding hydrogens is 448 g/mol. The Labute approximate surface area is 184 Å². The Morgan fingerprint density at radius 2 is 1.90 bits per heavy atom. The highest BCUT2D eigenvalue weighted by atomic mass is 79.9. The molecule has 29 heavy (non-hydrogen) atoms. The minimum Gasteiger partial charge on any atom is -0.430 e. The van der Waals surface area contributed by atoms with Gasteiger partial charge in [0.05, 0.1) is 5.69 Å². The van der Waals surface area contributed by atoms with Crippen LogP contribution >= 0.6 is 27.5 Å². The van der Waals surface area contributed by atoms with E-state index in [4.69, 9.17) is 9.73 Å². The molecule has 3 aromatic rings. The van der Waals surface area contributed by atoms with Gasteiger partial charge in [0, 0.05) is 35.4 Å². The first-order valence-corrected chi connectivity index (χ1v) is 11.0. The van der Waals surface area contributed by atoms with Crippen LogP contribution in [0.1, 0.15) is 36.4 Å². The lowest BCUT2D eigenvalue weighted by atomic mass is 10.1. The summed E-state index contributed by atoms with van der Waals surface area (Å²) in [5.74, 6) is 2.84. The van der Waals surface area contributed by atoms with Crippen molar-refractivity contribution in [2.24, 2.45) is 10.9 Å². The second-order valence-electron chi connectivity index (χ2n) is 7.19. The molecule has 0 amide bonds. The van der Waals surface area contributed by atoms with Crippen molar-refractivity contribution in [3.05, 3.63) is 63.4 Å². The number of hydrogen-bond donors (Lipinski definition) is 1. The first kappa shape index (κ1) is 21.5. The summed E-state index contributed by atoms with van der Waals surface area (Å²) in [6, 6.07) is 12.2. The maximum Gasteiger partial charge on any atom is 0.298 e. The number of rotatable bonds is 6. The van der Waals surface area contributed by atoms with E-state index in [1.807, 2.05) is 45.2 Å². The van der Waals surface area contributed by atoms with E-state index in [9.17, 15) is 0 Å². The molecule has 0 atom stereocenters. The summed E-state index contributed by atoms with van der Waals surface area (Å²) in [7, 11) is 1.90. The number of nitrogens with zero attached hydrogens (tertiary/aromatic N) is 3.